The fraction of sp³-hybridized carbons (Fsp3) is 0.259. The van der Waals surface area contributed by atoms with Gasteiger partial charge in [0, 0.05) is 6.42 Å². The lowest BCUT2D eigenvalue weighted by Crippen LogP contribution is -2.43. The van der Waals surface area contributed by atoms with Gasteiger partial charge >= 0.3 is 0 Å². The second kappa shape index (κ2) is 8.97. The van der Waals surface area contributed by atoms with Gasteiger partial charge in [-0.05, 0) is 60.2 Å². The Bertz CT molecular complexity index is 1580. The minimum atomic E-state index is -3.93. The smallest absolute Gasteiger partial charge is 0.267 e. The topological polar surface area (TPSA) is 94.6 Å². The molecule has 0 saturated carbocycles. The van der Waals surface area contributed by atoms with E-state index in [4.69, 9.17) is 10.5 Å². The van der Waals surface area contributed by atoms with Gasteiger partial charge in [-0.15, -0.1) is 4.40 Å². The van der Waals surface area contributed by atoms with Crippen LogP contribution in [0.1, 0.15) is 49.5 Å². The average molecular weight is 524 g/mol. The van der Waals surface area contributed by atoms with Gasteiger partial charge in [0.15, 0.2) is 5.13 Å². The van der Waals surface area contributed by atoms with Crippen molar-refractivity contribution in [3.63, 3.8) is 0 Å². The molecule has 0 aliphatic carbocycles. The van der Waals surface area contributed by atoms with Gasteiger partial charge in [-0.25, -0.2) is 17.8 Å². The van der Waals surface area contributed by atoms with Crippen LogP contribution in [0.25, 0.3) is 21.3 Å². The van der Waals surface area contributed by atoms with Crippen molar-refractivity contribution in [3.05, 3.63) is 83.7 Å². The molecule has 2 atom stereocenters. The molecule has 2 heterocycles. The minimum absolute atomic E-state index is 0.0979. The van der Waals surface area contributed by atoms with E-state index in [9.17, 15) is 12.8 Å². The second-order valence-corrected chi connectivity index (χ2v) is 12.3. The molecular formula is C27H26FN3O3S2. The number of sulfonamides is 1. The summed E-state index contributed by atoms with van der Waals surface area (Å²) in [5, 5.41) is -0.458. The Balaban J connectivity index is 1.42. The zero-order valence-corrected chi connectivity index (χ0v) is 21.7. The Morgan fingerprint density at radius 1 is 1.08 bits per heavy atom. The molecule has 0 fully saturated rings. The molecule has 1 aliphatic heterocycles. The van der Waals surface area contributed by atoms with Gasteiger partial charge in [-0.2, -0.15) is 0 Å². The molecule has 186 valence electrons. The highest BCUT2D eigenvalue weighted by Crippen LogP contribution is 2.42. The fourth-order valence-corrected chi connectivity index (χ4v) is 7.34. The summed E-state index contributed by atoms with van der Waals surface area (Å²) >= 11 is 1.43. The predicted octanol–water partition coefficient (Wildman–Crippen LogP) is 6.46. The van der Waals surface area contributed by atoms with E-state index in [1.54, 1.807) is 44.2 Å². The van der Waals surface area contributed by atoms with Crippen molar-refractivity contribution in [2.75, 3.05) is 5.73 Å². The molecule has 0 saturated heterocycles. The molecule has 4 aromatic rings. The molecule has 3 aromatic carbocycles. The van der Waals surface area contributed by atoms with Crippen LogP contribution in [0.2, 0.25) is 0 Å². The first kappa shape index (κ1) is 24.4. The number of halogens is 1. The highest BCUT2D eigenvalue weighted by molar-refractivity contribution is 7.90. The van der Waals surface area contributed by atoms with Crippen molar-refractivity contribution < 1.29 is 17.5 Å². The summed E-state index contributed by atoms with van der Waals surface area (Å²) in [5.74, 6) is -0.529. The maximum absolute atomic E-state index is 14.2. The van der Waals surface area contributed by atoms with E-state index in [0.29, 0.717) is 16.3 Å². The van der Waals surface area contributed by atoms with Crippen LogP contribution < -0.4 is 5.73 Å². The SMILES string of the molecule is C[C@H](CC1=NS(=O)(=O)C(c2ccc(-c3ccc4nc(N)sc4c3)cc2)C(C)(C)O1)c1ccccc1F. The Labute approximate surface area is 213 Å². The van der Waals surface area contributed by atoms with Crippen LogP contribution in [0.4, 0.5) is 9.52 Å². The van der Waals surface area contributed by atoms with Crippen LogP contribution in [0, 0.1) is 5.82 Å². The average Bonchev–Trinajstić information content (AvgIpc) is 3.17. The molecule has 2 N–H and O–H groups in total. The molecule has 1 aliphatic rings. The zero-order chi connectivity index (χ0) is 25.7. The summed E-state index contributed by atoms with van der Waals surface area (Å²) in [6.45, 7) is 5.31. The number of aromatic nitrogens is 1. The number of hydrogen-bond acceptors (Lipinski definition) is 6. The van der Waals surface area contributed by atoms with Gasteiger partial charge < -0.3 is 10.5 Å². The van der Waals surface area contributed by atoms with Crippen LogP contribution >= 0.6 is 11.3 Å². The van der Waals surface area contributed by atoms with Crippen LogP contribution in [-0.4, -0.2) is 24.9 Å². The van der Waals surface area contributed by atoms with E-state index in [0.717, 1.165) is 21.3 Å². The van der Waals surface area contributed by atoms with Crippen molar-refractivity contribution in [1.82, 2.24) is 4.98 Å². The number of anilines is 1. The quantitative estimate of drug-likeness (QED) is 0.324. The normalized spacial score (nSPS) is 19.4. The third kappa shape index (κ3) is 4.60. The molecule has 0 amide bonds. The standard InChI is InChI=1S/C27H26FN3O3S2/c1-16(20-6-4-5-7-21(20)28)14-24-31-36(32,33)25(27(2,3)34-24)18-10-8-17(9-11-18)19-12-13-22-23(15-19)35-26(29)30-22/h4-13,15-16,25H,14H2,1-3H3,(H2,29,30)/t16-,25?/m1/s1. The number of nitrogen functional groups attached to an aromatic ring is 1. The summed E-state index contributed by atoms with van der Waals surface area (Å²) in [6.07, 6.45) is 0.180. The maximum Gasteiger partial charge on any atom is 0.267 e. The summed E-state index contributed by atoms with van der Waals surface area (Å²) in [6, 6.07) is 19.8. The first-order chi connectivity index (χ1) is 17.0. The van der Waals surface area contributed by atoms with Gasteiger partial charge in [-0.3, -0.25) is 0 Å². The van der Waals surface area contributed by atoms with E-state index in [-0.39, 0.29) is 24.1 Å². The highest BCUT2D eigenvalue weighted by atomic mass is 32.2. The van der Waals surface area contributed by atoms with Gasteiger partial charge in [0.1, 0.15) is 16.7 Å². The summed E-state index contributed by atoms with van der Waals surface area (Å²) < 4.78 is 52.0. The van der Waals surface area contributed by atoms with E-state index in [1.165, 1.54) is 17.4 Å². The van der Waals surface area contributed by atoms with Crippen LogP contribution in [0.5, 0.6) is 0 Å². The molecule has 6 nitrogen and oxygen atoms in total. The summed E-state index contributed by atoms with van der Waals surface area (Å²) in [7, 11) is -3.93. The number of nitrogens with two attached hydrogens (primary N) is 1. The van der Waals surface area contributed by atoms with Crippen molar-refractivity contribution >= 4 is 42.6 Å². The van der Waals surface area contributed by atoms with Crippen molar-refractivity contribution in [3.8, 4) is 11.1 Å². The molecule has 9 heteroatoms. The fourth-order valence-electron chi connectivity index (χ4n) is 4.80. The van der Waals surface area contributed by atoms with Gasteiger partial charge in [0.25, 0.3) is 10.0 Å². The van der Waals surface area contributed by atoms with E-state index < -0.39 is 20.9 Å². The predicted molar refractivity (Wildman–Crippen MR) is 143 cm³/mol. The molecular weight excluding hydrogens is 497 g/mol. The van der Waals surface area contributed by atoms with E-state index in [2.05, 4.69) is 9.38 Å². The largest absolute Gasteiger partial charge is 0.472 e. The van der Waals surface area contributed by atoms with Crippen LogP contribution in [0.15, 0.2) is 71.1 Å². The van der Waals surface area contributed by atoms with Crippen LogP contribution in [0.3, 0.4) is 0 Å². The highest BCUT2D eigenvalue weighted by Gasteiger charge is 2.47. The van der Waals surface area contributed by atoms with Crippen molar-refractivity contribution in [2.45, 2.75) is 44.0 Å². The number of ether oxygens (including phenoxy) is 1. The van der Waals surface area contributed by atoms with Gasteiger partial charge in [0.2, 0.25) is 5.90 Å². The Kier molecular flexibility index (Phi) is 6.08. The molecule has 0 bridgehead atoms. The van der Waals surface area contributed by atoms with Gasteiger partial charge in [0.05, 0.1) is 10.2 Å². The Morgan fingerprint density at radius 3 is 2.47 bits per heavy atom. The monoisotopic (exact) mass is 523 g/mol. The van der Waals surface area contributed by atoms with Gasteiger partial charge in [-0.1, -0.05) is 66.8 Å². The summed E-state index contributed by atoms with van der Waals surface area (Å²) in [4.78, 5) is 4.29. The van der Waals surface area contributed by atoms with Crippen molar-refractivity contribution in [1.29, 1.82) is 0 Å². The minimum Gasteiger partial charge on any atom is -0.472 e. The lowest BCUT2D eigenvalue weighted by molar-refractivity contribution is 0.0803. The summed E-state index contributed by atoms with van der Waals surface area (Å²) in [5.41, 5.74) is 8.63. The van der Waals surface area contributed by atoms with Crippen LogP contribution in [-0.2, 0) is 14.8 Å². The lowest BCUT2D eigenvalue weighted by Gasteiger charge is -2.37. The molecule has 1 unspecified atom stereocenters. The Hall–Kier alpha value is -3.30. The molecule has 1 aromatic heterocycles. The first-order valence-corrected chi connectivity index (χ1v) is 13.9. The first-order valence-electron chi connectivity index (χ1n) is 11.6. The van der Waals surface area contributed by atoms with E-state index in [1.807, 2.05) is 37.3 Å². The number of nitrogens with zero attached hydrogens (tertiary/aromatic N) is 2. The van der Waals surface area contributed by atoms with E-state index >= 15 is 0 Å². The number of thiazole rings is 1. The number of hydrogen-bond donors (Lipinski definition) is 1. The van der Waals surface area contributed by atoms with Crippen molar-refractivity contribution in [2.24, 2.45) is 4.40 Å². The molecule has 0 radical (unpaired) electrons. The molecule has 5 rings (SSSR count). The Morgan fingerprint density at radius 2 is 1.78 bits per heavy atom. The number of fused-ring (bicyclic) bond motifs is 1. The lowest BCUT2D eigenvalue weighted by atomic mass is 9.94. The zero-order valence-electron chi connectivity index (χ0n) is 20.1. The molecule has 36 heavy (non-hydrogen) atoms. The maximum atomic E-state index is 14.2. The second-order valence-electron chi connectivity index (χ2n) is 9.57. The molecule has 0 spiro atoms. The third-order valence-corrected chi connectivity index (χ3v) is 9.15. The third-order valence-electron chi connectivity index (χ3n) is 6.41. The number of benzene rings is 3. The number of rotatable bonds is 5.